The molecular weight excluding hydrogens is 359 g/mol. The SMILES string of the molecule is COc1ccc(CCN(C)CC(=O)Nc2ccc(F)cc2Cl)cc1OC. The molecule has 0 aliphatic heterocycles. The van der Waals surface area contributed by atoms with Crippen molar-refractivity contribution in [2.75, 3.05) is 39.7 Å². The van der Waals surface area contributed by atoms with Crippen molar-refractivity contribution in [2.45, 2.75) is 6.42 Å². The fourth-order valence-corrected chi connectivity index (χ4v) is 2.68. The number of methoxy groups -OCH3 is 2. The van der Waals surface area contributed by atoms with Crippen molar-refractivity contribution in [3.63, 3.8) is 0 Å². The minimum atomic E-state index is -0.444. The Morgan fingerprint density at radius 3 is 2.54 bits per heavy atom. The Balaban J connectivity index is 1.86. The van der Waals surface area contributed by atoms with Crippen molar-refractivity contribution in [2.24, 2.45) is 0 Å². The molecule has 26 heavy (non-hydrogen) atoms. The Labute approximate surface area is 157 Å². The second-order valence-electron chi connectivity index (χ2n) is 5.85. The number of likely N-dealkylation sites (N-methyl/N-ethyl adjacent to an activating group) is 1. The van der Waals surface area contributed by atoms with Crippen LogP contribution in [0.15, 0.2) is 36.4 Å². The lowest BCUT2D eigenvalue weighted by Gasteiger charge is -2.17. The maximum Gasteiger partial charge on any atom is 0.238 e. The van der Waals surface area contributed by atoms with Crippen molar-refractivity contribution in [3.8, 4) is 11.5 Å². The van der Waals surface area contributed by atoms with Crippen molar-refractivity contribution in [3.05, 3.63) is 52.8 Å². The second kappa shape index (κ2) is 9.40. The second-order valence-corrected chi connectivity index (χ2v) is 6.26. The highest BCUT2D eigenvalue weighted by atomic mass is 35.5. The Morgan fingerprint density at radius 1 is 1.15 bits per heavy atom. The molecule has 0 saturated carbocycles. The topological polar surface area (TPSA) is 50.8 Å². The Kier molecular flexibility index (Phi) is 7.24. The molecule has 0 spiro atoms. The molecule has 0 heterocycles. The van der Waals surface area contributed by atoms with Crippen LogP contribution in [0, 0.1) is 5.82 Å². The number of anilines is 1. The Hall–Kier alpha value is -2.31. The number of benzene rings is 2. The van der Waals surface area contributed by atoms with Gasteiger partial charge in [0.25, 0.3) is 0 Å². The predicted octanol–water partition coefficient (Wildman–Crippen LogP) is 3.61. The number of ether oxygens (including phenoxy) is 2. The minimum Gasteiger partial charge on any atom is -0.493 e. The van der Waals surface area contributed by atoms with E-state index in [2.05, 4.69) is 5.32 Å². The van der Waals surface area contributed by atoms with Crippen LogP contribution in [0.5, 0.6) is 11.5 Å². The van der Waals surface area contributed by atoms with E-state index in [9.17, 15) is 9.18 Å². The number of halogens is 2. The maximum absolute atomic E-state index is 13.0. The summed E-state index contributed by atoms with van der Waals surface area (Å²) in [6.45, 7) is 0.876. The molecule has 0 atom stereocenters. The molecular formula is C19H22ClFN2O3. The molecule has 0 aliphatic rings. The summed E-state index contributed by atoms with van der Waals surface area (Å²) in [7, 11) is 5.04. The summed E-state index contributed by atoms with van der Waals surface area (Å²) in [6.07, 6.45) is 0.751. The number of nitrogens with one attached hydrogen (secondary N) is 1. The third kappa shape index (κ3) is 5.61. The van der Waals surface area contributed by atoms with Gasteiger partial charge in [0.15, 0.2) is 11.5 Å². The van der Waals surface area contributed by atoms with Crippen LogP contribution in [0.1, 0.15) is 5.56 Å². The molecule has 0 aliphatic carbocycles. The summed E-state index contributed by atoms with van der Waals surface area (Å²) in [4.78, 5) is 14.0. The van der Waals surface area contributed by atoms with E-state index in [1.807, 2.05) is 30.1 Å². The van der Waals surface area contributed by atoms with Gasteiger partial charge in [0.2, 0.25) is 5.91 Å². The van der Waals surface area contributed by atoms with Gasteiger partial charge in [-0.3, -0.25) is 9.69 Å². The van der Waals surface area contributed by atoms with Gasteiger partial charge < -0.3 is 14.8 Å². The number of nitrogens with zero attached hydrogens (tertiary/aromatic N) is 1. The van der Waals surface area contributed by atoms with Crippen LogP contribution in [0.3, 0.4) is 0 Å². The first-order valence-corrected chi connectivity index (χ1v) is 8.45. The third-order valence-electron chi connectivity index (χ3n) is 3.85. The van der Waals surface area contributed by atoms with Gasteiger partial charge in [0, 0.05) is 6.54 Å². The molecule has 5 nitrogen and oxygen atoms in total. The van der Waals surface area contributed by atoms with Crippen LogP contribution in [-0.2, 0) is 11.2 Å². The number of rotatable bonds is 8. The zero-order chi connectivity index (χ0) is 19.1. The summed E-state index contributed by atoms with van der Waals surface area (Å²) in [5, 5.41) is 2.86. The number of hydrogen-bond acceptors (Lipinski definition) is 4. The molecule has 0 saturated heterocycles. The summed E-state index contributed by atoms with van der Waals surface area (Å²) in [5.74, 6) is 0.699. The molecule has 1 N–H and O–H groups in total. The first-order chi connectivity index (χ1) is 12.4. The number of carbonyl (C=O) groups excluding carboxylic acids is 1. The van der Waals surface area contributed by atoms with Gasteiger partial charge in [0.1, 0.15) is 5.82 Å². The van der Waals surface area contributed by atoms with Gasteiger partial charge in [-0.1, -0.05) is 17.7 Å². The molecule has 0 radical (unpaired) electrons. The molecule has 2 aromatic rings. The molecule has 1 amide bonds. The van der Waals surface area contributed by atoms with Crippen molar-refractivity contribution in [1.82, 2.24) is 4.90 Å². The highest BCUT2D eigenvalue weighted by molar-refractivity contribution is 6.33. The van der Waals surface area contributed by atoms with Gasteiger partial charge in [-0.15, -0.1) is 0 Å². The smallest absolute Gasteiger partial charge is 0.238 e. The van der Waals surface area contributed by atoms with E-state index in [4.69, 9.17) is 21.1 Å². The van der Waals surface area contributed by atoms with Crippen LogP contribution in [0.4, 0.5) is 10.1 Å². The quantitative estimate of drug-likeness (QED) is 0.760. The number of hydrogen-bond donors (Lipinski definition) is 1. The molecule has 0 bridgehead atoms. The monoisotopic (exact) mass is 380 g/mol. The fraction of sp³-hybridized carbons (Fsp3) is 0.316. The van der Waals surface area contributed by atoms with Crippen LogP contribution in [0.25, 0.3) is 0 Å². The minimum absolute atomic E-state index is 0.173. The van der Waals surface area contributed by atoms with Crippen molar-refractivity contribution in [1.29, 1.82) is 0 Å². The van der Waals surface area contributed by atoms with Crippen molar-refractivity contribution >= 4 is 23.2 Å². The van der Waals surface area contributed by atoms with Crippen molar-refractivity contribution < 1.29 is 18.7 Å². The molecule has 0 aromatic heterocycles. The highest BCUT2D eigenvalue weighted by Crippen LogP contribution is 2.27. The normalized spacial score (nSPS) is 10.7. The van der Waals surface area contributed by atoms with Crippen LogP contribution < -0.4 is 14.8 Å². The Morgan fingerprint density at radius 2 is 1.88 bits per heavy atom. The molecule has 7 heteroatoms. The lowest BCUT2D eigenvalue weighted by atomic mass is 10.1. The zero-order valence-electron chi connectivity index (χ0n) is 15.0. The van der Waals surface area contributed by atoms with E-state index in [-0.39, 0.29) is 17.5 Å². The van der Waals surface area contributed by atoms with Gasteiger partial charge in [-0.25, -0.2) is 4.39 Å². The zero-order valence-corrected chi connectivity index (χ0v) is 15.8. The Bertz CT molecular complexity index is 770. The summed E-state index contributed by atoms with van der Waals surface area (Å²) in [6, 6.07) is 9.61. The highest BCUT2D eigenvalue weighted by Gasteiger charge is 2.11. The standard InChI is InChI=1S/C19H22ClFN2O3/c1-23(9-8-13-4-7-17(25-2)18(10-13)26-3)12-19(24)22-16-6-5-14(21)11-15(16)20/h4-7,10-11H,8-9,12H2,1-3H3,(H,22,24). The van der Waals surface area contributed by atoms with Gasteiger partial charge in [-0.2, -0.15) is 0 Å². The average Bonchev–Trinajstić information content (AvgIpc) is 2.62. The van der Waals surface area contributed by atoms with E-state index in [0.717, 1.165) is 18.1 Å². The van der Waals surface area contributed by atoms with Crippen LogP contribution >= 0.6 is 11.6 Å². The third-order valence-corrected chi connectivity index (χ3v) is 4.16. The van der Waals surface area contributed by atoms with E-state index < -0.39 is 5.82 Å². The molecule has 2 rings (SSSR count). The molecule has 0 unspecified atom stereocenters. The predicted molar refractivity (Wildman–Crippen MR) is 101 cm³/mol. The lowest BCUT2D eigenvalue weighted by Crippen LogP contribution is -2.31. The van der Waals surface area contributed by atoms with E-state index >= 15 is 0 Å². The van der Waals surface area contributed by atoms with E-state index in [1.165, 1.54) is 12.1 Å². The van der Waals surface area contributed by atoms with Crippen LogP contribution in [0.2, 0.25) is 5.02 Å². The summed E-state index contributed by atoms with van der Waals surface area (Å²) < 4.78 is 23.5. The molecule has 2 aromatic carbocycles. The summed E-state index contributed by atoms with van der Waals surface area (Å²) >= 11 is 5.91. The number of amides is 1. The largest absolute Gasteiger partial charge is 0.493 e. The van der Waals surface area contributed by atoms with Gasteiger partial charge in [0.05, 0.1) is 31.5 Å². The van der Waals surface area contributed by atoms with Gasteiger partial charge in [-0.05, 0) is 49.4 Å². The summed E-state index contributed by atoms with van der Waals surface area (Å²) in [5.41, 5.74) is 1.47. The number of carbonyl (C=O) groups is 1. The first-order valence-electron chi connectivity index (χ1n) is 8.07. The molecule has 0 fully saturated rings. The van der Waals surface area contributed by atoms with Gasteiger partial charge >= 0.3 is 0 Å². The lowest BCUT2D eigenvalue weighted by molar-refractivity contribution is -0.117. The molecule has 140 valence electrons. The maximum atomic E-state index is 13.0. The first kappa shape index (κ1) is 20.0. The fourth-order valence-electron chi connectivity index (χ4n) is 2.46. The van der Waals surface area contributed by atoms with E-state index in [1.54, 1.807) is 14.2 Å². The van der Waals surface area contributed by atoms with Crippen LogP contribution in [-0.4, -0.2) is 45.2 Å². The van der Waals surface area contributed by atoms with E-state index in [0.29, 0.717) is 23.7 Å². The average molecular weight is 381 g/mol.